The largest absolute Gasteiger partial charge is 0.325 e. The van der Waals surface area contributed by atoms with Crippen LogP contribution in [0.25, 0.3) is 0 Å². The van der Waals surface area contributed by atoms with Crippen molar-refractivity contribution in [1.29, 1.82) is 0 Å². The van der Waals surface area contributed by atoms with Gasteiger partial charge in [-0.1, -0.05) is 24.3 Å². The molecule has 0 heterocycles. The fraction of sp³-hybridized carbons (Fsp3) is 0.125. The molecule has 0 fully saturated rings. The second kappa shape index (κ2) is 6.67. The van der Waals surface area contributed by atoms with Gasteiger partial charge in [0.15, 0.2) is 0 Å². The molecular formula is C16H17N3O2. The van der Waals surface area contributed by atoms with E-state index < -0.39 is 0 Å². The van der Waals surface area contributed by atoms with Gasteiger partial charge in [0.05, 0.1) is 6.54 Å². The van der Waals surface area contributed by atoms with Crippen LogP contribution in [0.4, 0.5) is 11.4 Å². The van der Waals surface area contributed by atoms with Crippen molar-refractivity contribution in [3.63, 3.8) is 0 Å². The molecule has 0 saturated heterocycles. The molecule has 0 bridgehead atoms. The average molecular weight is 283 g/mol. The van der Waals surface area contributed by atoms with Crippen LogP contribution in [0.3, 0.4) is 0 Å². The summed E-state index contributed by atoms with van der Waals surface area (Å²) in [5.74, 6) is -0.472. The van der Waals surface area contributed by atoms with Gasteiger partial charge in [0.1, 0.15) is 0 Å². The highest BCUT2D eigenvalue weighted by Gasteiger charge is 2.08. The van der Waals surface area contributed by atoms with Crippen molar-refractivity contribution >= 4 is 23.2 Å². The molecule has 5 nitrogen and oxygen atoms in total. The van der Waals surface area contributed by atoms with Gasteiger partial charge in [-0.05, 0) is 36.8 Å². The number of nitrogens with two attached hydrogens (primary N) is 1. The van der Waals surface area contributed by atoms with Gasteiger partial charge in [-0.15, -0.1) is 0 Å². The minimum atomic E-state index is -0.279. The maximum atomic E-state index is 12.1. The van der Waals surface area contributed by atoms with Gasteiger partial charge in [-0.3, -0.25) is 9.59 Å². The second-order valence-electron chi connectivity index (χ2n) is 4.60. The third-order valence-electron chi connectivity index (χ3n) is 2.99. The monoisotopic (exact) mass is 283 g/mol. The zero-order valence-corrected chi connectivity index (χ0v) is 11.7. The van der Waals surface area contributed by atoms with Gasteiger partial charge in [0.25, 0.3) is 5.91 Å². The first-order valence-electron chi connectivity index (χ1n) is 6.57. The molecule has 2 rings (SSSR count). The van der Waals surface area contributed by atoms with E-state index >= 15 is 0 Å². The summed E-state index contributed by atoms with van der Waals surface area (Å²) in [6.45, 7) is 1.80. The van der Waals surface area contributed by atoms with E-state index in [-0.39, 0.29) is 18.4 Å². The Kier molecular flexibility index (Phi) is 4.68. The van der Waals surface area contributed by atoms with E-state index in [0.717, 1.165) is 5.56 Å². The average Bonchev–Trinajstić information content (AvgIpc) is 2.51. The molecule has 0 aliphatic rings. The molecule has 2 aromatic carbocycles. The molecule has 0 atom stereocenters. The molecule has 0 aliphatic carbocycles. The highest BCUT2D eigenvalue weighted by molar-refractivity contribution is 6.05. The van der Waals surface area contributed by atoms with Crippen LogP contribution in [0.1, 0.15) is 15.9 Å². The standard InChI is InChI=1S/C16H17N3O2/c1-11-7-8-13(18-15(20)10-17)9-14(11)19-16(21)12-5-3-2-4-6-12/h2-9H,10,17H2,1H3,(H,18,20)(H,19,21). The van der Waals surface area contributed by atoms with E-state index in [2.05, 4.69) is 10.6 Å². The SMILES string of the molecule is Cc1ccc(NC(=O)CN)cc1NC(=O)c1ccccc1. The molecule has 2 amide bonds. The smallest absolute Gasteiger partial charge is 0.255 e. The lowest BCUT2D eigenvalue weighted by molar-refractivity contribution is -0.114. The summed E-state index contributed by atoms with van der Waals surface area (Å²) in [6.07, 6.45) is 0. The van der Waals surface area contributed by atoms with Gasteiger partial charge in [0, 0.05) is 16.9 Å². The van der Waals surface area contributed by atoms with Gasteiger partial charge < -0.3 is 16.4 Å². The zero-order chi connectivity index (χ0) is 15.2. The van der Waals surface area contributed by atoms with Crippen molar-refractivity contribution in [2.45, 2.75) is 6.92 Å². The molecule has 21 heavy (non-hydrogen) atoms. The molecule has 0 aliphatic heterocycles. The molecule has 4 N–H and O–H groups in total. The fourth-order valence-corrected chi connectivity index (χ4v) is 1.83. The van der Waals surface area contributed by atoms with E-state index in [9.17, 15) is 9.59 Å². The molecule has 108 valence electrons. The summed E-state index contributed by atoms with van der Waals surface area (Å²) < 4.78 is 0. The maximum Gasteiger partial charge on any atom is 0.255 e. The lowest BCUT2D eigenvalue weighted by Crippen LogP contribution is -2.22. The maximum absolute atomic E-state index is 12.1. The Morgan fingerprint density at radius 2 is 1.76 bits per heavy atom. The van der Waals surface area contributed by atoms with Crippen molar-refractivity contribution in [2.24, 2.45) is 5.73 Å². The molecule has 0 spiro atoms. The van der Waals surface area contributed by atoms with Crippen LogP contribution in [0.2, 0.25) is 0 Å². The van der Waals surface area contributed by atoms with Crippen LogP contribution >= 0.6 is 0 Å². The number of nitrogens with one attached hydrogen (secondary N) is 2. The fourth-order valence-electron chi connectivity index (χ4n) is 1.83. The summed E-state index contributed by atoms with van der Waals surface area (Å²) in [4.78, 5) is 23.4. The Morgan fingerprint density at radius 1 is 1.05 bits per heavy atom. The number of carbonyl (C=O) groups excluding carboxylic acids is 2. The van der Waals surface area contributed by atoms with Gasteiger partial charge in [-0.2, -0.15) is 0 Å². The number of amides is 2. The molecule has 0 saturated carbocycles. The Hall–Kier alpha value is -2.66. The highest BCUT2D eigenvalue weighted by Crippen LogP contribution is 2.21. The Morgan fingerprint density at radius 3 is 2.43 bits per heavy atom. The summed E-state index contributed by atoms with van der Waals surface area (Å²) in [5.41, 5.74) is 8.00. The number of rotatable bonds is 4. The van der Waals surface area contributed by atoms with E-state index in [4.69, 9.17) is 5.73 Å². The van der Waals surface area contributed by atoms with Crippen LogP contribution in [0.15, 0.2) is 48.5 Å². The first-order chi connectivity index (χ1) is 10.1. The Balaban J connectivity index is 2.17. The van der Waals surface area contributed by atoms with E-state index in [1.165, 1.54) is 0 Å². The molecule has 0 unspecified atom stereocenters. The van der Waals surface area contributed by atoms with Crippen LogP contribution in [0.5, 0.6) is 0 Å². The quantitative estimate of drug-likeness (QED) is 0.803. The number of carbonyl (C=O) groups is 2. The van der Waals surface area contributed by atoms with Crippen molar-refractivity contribution in [1.82, 2.24) is 0 Å². The topological polar surface area (TPSA) is 84.2 Å². The first-order valence-corrected chi connectivity index (χ1v) is 6.57. The molecule has 5 heteroatoms. The number of anilines is 2. The zero-order valence-electron chi connectivity index (χ0n) is 11.7. The van der Waals surface area contributed by atoms with Crippen molar-refractivity contribution < 1.29 is 9.59 Å². The summed E-state index contributed by atoms with van der Waals surface area (Å²) in [7, 11) is 0. The third-order valence-corrected chi connectivity index (χ3v) is 2.99. The molecule has 0 radical (unpaired) electrons. The minimum Gasteiger partial charge on any atom is -0.325 e. The van der Waals surface area contributed by atoms with Crippen molar-refractivity contribution in [2.75, 3.05) is 17.2 Å². The van der Waals surface area contributed by atoms with Crippen LogP contribution in [-0.4, -0.2) is 18.4 Å². The van der Waals surface area contributed by atoms with Crippen LogP contribution < -0.4 is 16.4 Å². The lowest BCUT2D eigenvalue weighted by Gasteiger charge is -2.11. The van der Waals surface area contributed by atoms with Crippen LogP contribution in [0, 0.1) is 6.92 Å². The van der Waals surface area contributed by atoms with E-state index in [1.54, 1.807) is 36.4 Å². The van der Waals surface area contributed by atoms with E-state index in [0.29, 0.717) is 16.9 Å². The highest BCUT2D eigenvalue weighted by atomic mass is 16.2. The minimum absolute atomic E-state index is 0.0837. The van der Waals surface area contributed by atoms with Crippen LogP contribution in [-0.2, 0) is 4.79 Å². The normalized spacial score (nSPS) is 10.0. The third kappa shape index (κ3) is 3.90. The number of aryl methyl sites for hydroxylation is 1. The predicted octanol–water partition coefficient (Wildman–Crippen LogP) is 2.14. The summed E-state index contributed by atoms with van der Waals surface area (Å²) in [5, 5.41) is 5.49. The van der Waals surface area contributed by atoms with Gasteiger partial charge in [-0.25, -0.2) is 0 Å². The number of benzene rings is 2. The Bertz CT molecular complexity index is 654. The second-order valence-corrected chi connectivity index (χ2v) is 4.60. The Labute approximate surface area is 123 Å². The first kappa shape index (κ1) is 14.7. The summed E-state index contributed by atoms with van der Waals surface area (Å²) in [6, 6.07) is 14.2. The number of hydrogen-bond donors (Lipinski definition) is 3. The lowest BCUT2D eigenvalue weighted by atomic mass is 10.1. The van der Waals surface area contributed by atoms with Crippen molar-refractivity contribution in [3.05, 3.63) is 59.7 Å². The number of hydrogen-bond acceptors (Lipinski definition) is 3. The molecule has 2 aromatic rings. The molecular weight excluding hydrogens is 266 g/mol. The van der Waals surface area contributed by atoms with Crippen molar-refractivity contribution in [3.8, 4) is 0 Å². The summed E-state index contributed by atoms with van der Waals surface area (Å²) >= 11 is 0. The predicted molar refractivity (Wildman–Crippen MR) is 83.3 cm³/mol. The van der Waals surface area contributed by atoms with E-state index in [1.807, 2.05) is 19.1 Å². The van der Waals surface area contributed by atoms with Gasteiger partial charge in [0.2, 0.25) is 5.91 Å². The van der Waals surface area contributed by atoms with Gasteiger partial charge >= 0.3 is 0 Å². The molecule has 0 aromatic heterocycles.